The lowest BCUT2D eigenvalue weighted by Gasteiger charge is -2.17. The third kappa shape index (κ3) is 2.98. The van der Waals surface area contributed by atoms with Gasteiger partial charge in [0.05, 0.1) is 31.0 Å². The van der Waals surface area contributed by atoms with Crippen LogP contribution in [0.1, 0.15) is 16.8 Å². The summed E-state index contributed by atoms with van der Waals surface area (Å²) >= 11 is 0. The molecule has 1 aliphatic heterocycles. The van der Waals surface area contributed by atoms with Gasteiger partial charge in [0.2, 0.25) is 0 Å². The highest BCUT2D eigenvalue weighted by Gasteiger charge is 2.29. The van der Waals surface area contributed by atoms with Gasteiger partial charge in [-0.15, -0.1) is 0 Å². The van der Waals surface area contributed by atoms with Gasteiger partial charge in [0.25, 0.3) is 17.7 Å². The van der Waals surface area contributed by atoms with Crippen LogP contribution in [0.5, 0.6) is 11.8 Å². The van der Waals surface area contributed by atoms with Gasteiger partial charge in [-0.25, -0.2) is 15.0 Å². The van der Waals surface area contributed by atoms with Crippen LogP contribution in [0.15, 0.2) is 36.9 Å². The number of hydrogen-bond acceptors (Lipinski definition) is 6. The van der Waals surface area contributed by atoms with Gasteiger partial charge in [0, 0.05) is 30.9 Å². The van der Waals surface area contributed by atoms with Crippen molar-refractivity contribution in [2.45, 2.75) is 12.5 Å². The molecule has 1 atom stereocenters. The fourth-order valence-corrected chi connectivity index (χ4v) is 2.95. The highest BCUT2D eigenvalue weighted by Crippen LogP contribution is 2.24. The van der Waals surface area contributed by atoms with Crippen LogP contribution < -0.4 is 9.47 Å². The number of aromatic nitrogens is 4. The van der Waals surface area contributed by atoms with E-state index in [1.54, 1.807) is 29.7 Å². The summed E-state index contributed by atoms with van der Waals surface area (Å²) in [6, 6.07) is 5.46. The summed E-state index contributed by atoms with van der Waals surface area (Å²) in [5.41, 5.74) is 2.32. The Morgan fingerprint density at radius 2 is 2.08 bits per heavy atom. The van der Waals surface area contributed by atoms with E-state index in [0.717, 1.165) is 17.5 Å². The predicted molar refractivity (Wildman–Crippen MR) is 89.6 cm³/mol. The Kier molecular flexibility index (Phi) is 3.93. The number of carbonyl (C=O) groups excluding carboxylic acids is 1. The van der Waals surface area contributed by atoms with Gasteiger partial charge in [-0.3, -0.25) is 4.79 Å². The van der Waals surface area contributed by atoms with Crippen molar-refractivity contribution in [3.05, 3.63) is 42.5 Å². The maximum atomic E-state index is 12.7. The Morgan fingerprint density at radius 3 is 2.92 bits per heavy atom. The summed E-state index contributed by atoms with van der Waals surface area (Å²) in [4.78, 5) is 29.9. The van der Waals surface area contributed by atoms with E-state index in [4.69, 9.17) is 9.47 Å². The van der Waals surface area contributed by atoms with Crippen molar-refractivity contribution in [1.29, 1.82) is 0 Å². The Morgan fingerprint density at radius 1 is 1.24 bits per heavy atom. The van der Waals surface area contributed by atoms with Crippen molar-refractivity contribution in [3.63, 3.8) is 0 Å². The minimum atomic E-state index is -0.134. The number of hydrogen-bond donors (Lipinski definition) is 1. The molecule has 1 saturated heterocycles. The molecular formula is C17H17N5O3. The third-order valence-electron chi connectivity index (χ3n) is 4.20. The maximum absolute atomic E-state index is 12.7. The van der Waals surface area contributed by atoms with Crippen LogP contribution >= 0.6 is 0 Å². The summed E-state index contributed by atoms with van der Waals surface area (Å²) in [7, 11) is 1.52. The summed E-state index contributed by atoms with van der Waals surface area (Å²) in [6.07, 6.45) is 5.31. The number of rotatable bonds is 4. The Hall–Kier alpha value is -3.16. The zero-order valence-corrected chi connectivity index (χ0v) is 13.7. The minimum absolute atomic E-state index is 0.0197. The summed E-state index contributed by atoms with van der Waals surface area (Å²) in [5.74, 6) is 0.675. The monoisotopic (exact) mass is 339 g/mol. The standard InChI is InChI=1S/C17H17N5O3/c1-24-15-16(19-6-5-18-15)25-12-4-7-22(9-12)17(23)11-2-3-13-14(8-11)21-10-20-13/h2-3,5-6,8,10,12H,4,7,9H2,1H3,(H,20,21)/t12-/m0/s1. The lowest BCUT2D eigenvalue weighted by atomic mass is 10.2. The van der Waals surface area contributed by atoms with E-state index in [9.17, 15) is 4.79 Å². The number of methoxy groups -OCH3 is 1. The van der Waals surface area contributed by atoms with Crippen LogP contribution in [0.4, 0.5) is 0 Å². The SMILES string of the molecule is COc1nccnc1O[C@H]1CCN(C(=O)c2ccc3nc[nH]c3c2)C1. The second-order valence-corrected chi connectivity index (χ2v) is 5.78. The van der Waals surface area contributed by atoms with Crippen molar-refractivity contribution < 1.29 is 14.3 Å². The molecule has 0 spiro atoms. The smallest absolute Gasteiger partial charge is 0.278 e. The summed E-state index contributed by atoms with van der Waals surface area (Å²) < 4.78 is 11.0. The molecule has 1 N–H and O–H groups in total. The first kappa shape index (κ1) is 15.4. The average molecular weight is 339 g/mol. The molecule has 1 aliphatic rings. The van der Waals surface area contributed by atoms with Gasteiger partial charge in [-0.1, -0.05) is 0 Å². The summed E-state index contributed by atoms with van der Waals surface area (Å²) in [6.45, 7) is 1.13. The van der Waals surface area contributed by atoms with Crippen LogP contribution in [0.2, 0.25) is 0 Å². The lowest BCUT2D eigenvalue weighted by Crippen LogP contribution is -2.31. The van der Waals surface area contributed by atoms with Gasteiger partial charge >= 0.3 is 0 Å². The molecular weight excluding hydrogens is 322 g/mol. The fraction of sp³-hybridized carbons (Fsp3) is 0.294. The number of benzene rings is 1. The molecule has 0 aliphatic carbocycles. The van der Waals surface area contributed by atoms with E-state index in [1.165, 1.54) is 7.11 Å². The van der Waals surface area contributed by atoms with Gasteiger partial charge < -0.3 is 19.4 Å². The van der Waals surface area contributed by atoms with E-state index in [-0.39, 0.29) is 12.0 Å². The molecule has 25 heavy (non-hydrogen) atoms. The molecule has 8 heteroatoms. The van der Waals surface area contributed by atoms with E-state index >= 15 is 0 Å². The number of fused-ring (bicyclic) bond motifs is 1. The van der Waals surface area contributed by atoms with E-state index in [0.29, 0.717) is 30.4 Å². The molecule has 0 saturated carbocycles. The number of imidazole rings is 1. The number of amides is 1. The van der Waals surface area contributed by atoms with Crippen molar-refractivity contribution in [3.8, 4) is 11.8 Å². The van der Waals surface area contributed by atoms with Crippen molar-refractivity contribution in [2.75, 3.05) is 20.2 Å². The molecule has 1 amide bonds. The Balaban J connectivity index is 1.45. The number of H-pyrrole nitrogens is 1. The predicted octanol–water partition coefficient (Wildman–Crippen LogP) is 1.65. The van der Waals surface area contributed by atoms with Crippen LogP contribution in [0.3, 0.4) is 0 Å². The quantitative estimate of drug-likeness (QED) is 0.777. The summed E-state index contributed by atoms with van der Waals surface area (Å²) in [5, 5.41) is 0. The molecule has 1 fully saturated rings. The Labute approximate surface area is 143 Å². The molecule has 2 aromatic heterocycles. The highest BCUT2D eigenvalue weighted by atomic mass is 16.5. The second kappa shape index (κ2) is 6.39. The van der Waals surface area contributed by atoms with Gasteiger partial charge in [0.1, 0.15) is 6.10 Å². The first-order valence-electron chi connectivity index (χ1n) is 7.98. The maximum Gasteiger partial charge on any atom is 0.278 e. The molecule has 128 valence electrons. The largest absolute Gasteiger partial charge is 0.477 e. The lowest BCUT2D eigenvalue weighted by molar-refractivity contribution is 0.0770. The van der Waals surface area contributed by atoms with E-state index in [1.807, 2.05) is 12.1 Å². The van der Waals surface area contributed by atoms with E-state index < -0.39 is 0 Å². The molecule has 8 nitrogen and oxygen atoms in total. The zero-order chi connectivity index (χ0) is 17.2. The molecule has 3 aromatic rings. The molecule has 4 rings (SSSR count). The second-order valence-electron chi connectivity index (χ2n) is 5.78. The van der Waals surface area contributed by atoms with Crippen LogP contribution in [-0.2, 0) is 0 Å². The normalized spacial score (nSPS) is 17.0. The number of nitrogens with zero attached hydrogens (tertiary/aromatic N) is 4. The van der Waals surface area contributed by atoms with Gasteiger partial charge in [-0.2, -0.15) is 0 Å². The minimum Gasteiger partial charge on any atom is -0.477 e. The van der Waals surface area contributed by atoms with E-state index in [2.05, 4.69) is 19.9 Å². The topological polar surface area (TPSA) is 93.2 Å². The number of carbonyl (C=O) groups is 1. The van der Waals surface area contributed by atoms with Crippen molar-refractivity contribution >= 4 is 16.9 Å². The molecule has 0 radical (unpaired) electrons. The highest BCUT2D eigenvalue weighted by molar-refractivity contribution is 5.97. The third-order valence-corrected chi connectivity index (χ3v) is 4.20. The number of likely N-dealkylation sites (tertiary alicyclic amines) is 1. The Bertz CT molecular complexity index is 910. The van der Waals surface area contributed by atoms with Crippen LogP contribution in [0.25, 0.3) is 11.0 Å². The van der Waals surface area contributed by atoms with Crippen LogP contribution in [0, 0.1) is 0 Å². The van der Waals surface area contributed by atoms with Crippen LogP contribution in [-0.4, -0.2) is 57.0 Å². The first-order valence-corrected chi connectivity index (χ1v) is 7.98. The fourth-order valence-electron chi connectivity index (χ4n) is 2.95. The van der Waals surface area contributed by atoms with Crippen molar-refractivity contribution in [2.24, 2.45) is 0 Å². The molecule has 0 bridgehead atoms. The number of nitrogens with one attached hydrogen (secondary N) is 1. The molecule has 1 aromatic carbocycles. The molecule has 3 heterocycles. The average Bonchev–Trinajstić information content (AvgIpc) is 3.30. The van der Waals surface area contributed by atoms with Crippen molar-refractivity contribution in [1.82, 2.24) is 24.8 Å². The first-order chi connectivity index (χ1) is 12.2. The zero-order valence-electron chi connectivity index (χ0n) is 13.7. The van der Waals surface area contributed by atoms with Gasteiger partial charge in [-0.05, 0) is 18.2 Å². The number of ether oxygens (including phenoxy) is 2. The number of aromatic amines is 1. The van der Waals surface area contributed by atoms with Gasteiger partial charge in [0.15, 0.2) is 0 Å². The molecule has 0 unspecified atom stereocenters.